The van der Waals surface area contributed by atoms with Gasteiger partial charge in [0.25, 0.3) is 0 Å². The summed E-state index contributed by atoms with van der Waals surface area (Å²) in [6, 6.07) is 3.91. The lowest BCUT2D eigenvalue weighted by Gasteiger charge is -2.34. The monoisotopic (exact) mass is 375 g/mol. The second-order valence-electron chi connectivity index (χ2n) is 5.24. The summed E-state index contributed by atoms with van der Waals surface area (Å²) in [7, 11) is -3.09. The third-order valence-corrected chi connectivity index (χ3v) is 6.10. The lowest BCUT2D eigenvalue weighted by atomic mass is 10.3. The van der Waals surface area contributed by atoms with Crippen molar-refractivity contribution < 1.29 is 8.42 Å². The number of pyridine rings is 1. The molecule has 1 aliphatic rings. The topological polar surface area (TPSA) is 53.5 Å². The number of hydrogen-bond donors (Lipinski definition) is 0. The molecule has 0 radical (unpaired) electrons. The molecule has 0 aromatic carbocycles. The number of unbranched alkanes of at least 4 members (excludes halogenated alkanes) is 2. The van der Waals surface area contributed by atoms with Crippen molar-refractivity contribution >= 4 is 31.8 Å². The van der Waals surface area contributed by atoms with Gasteiger partial charge in [-0.1, -0.05) is 19.8 Å². The van der Waals surface area contributed by atoms with E-state index in [1.807, 2.05) is 12.1 Å². The predicted octanol–water partition coefficient (Wildman–Crippen LogP) is 2.49. The van der Waals surface area contributed by atoms with Crippen LogP contribution in [0.2, 0.25) is 0 Å². The summed E-state index contributed by atoms with van der Waals surface area (Å²) in [6.45, 7) is 4.57. The fourth-order valence-electron chi connectivity index (χ4n) is 2.41. The second-order valence-corrected chi connectivity index (χ2v) is 8.25. The summed E-state index contributed by atoms with van der Waals surface area (Å²) >= 11 is 3.37. The van der Waals surface area contributed by atoms with Gasteiger partial charge in [-0.3, -0.25) is 0 Å². The van der Waals surface area contributed by atoms with Crippen molar-refractivity contribution in [3.63, 3.8) is 0 Å². The summed E-state index contributed by atoms with van der Waals surface area (Å²) in [6.07, 6.45) is 4.54. The van der Waals surface area contributed by atoms with Crippen LogP contribution in [0.15, 0.2) is 22.8 Å². The van der Waals surface area contributed by atoms with Gasteiger partial charge >= 0.3 is 0 Å². The van der Waals surface area contributed by atoms with Gasteiger partial charge in [0.15, 0.2) is 0 Å². The molecule has 0 saturated carbocycles. The summed E-state index contributed by atoms with van der Waals surface area (Å²) in [4.78, 5) is 6.49. The van der Waals surface area contributed by atoms with Crippen LogP contribution in [0.1, 0.15) is 26.2 Å². The van der Waals surface area contributed by atoms with E-state index in [-0.39, 0.29) is 5.75 Å². The SMILES string of the molecule is CCCCCS(=O)(=O)N1CCN(c2ccc(Br)cn2)CC1. The van der Waals surface area contributed by atoms with E-state index in [1.54, 1.807) is 10.5 Å². The Morgan fingerprint density at radius 1 is 1.19 bits per heavy atom. The van der Waals surface area contributed by atoms with Crippen LogP contribution in [0.4, 0.5) is 5.82 Å². The van der Waals surface area contributed by atoms with E-state index in [2.05, 4.69) is 32.7 Å². The van der Waals surface area contributed by atoms with Crippen LogP contribution in [0.25, 0.3) is 0 Å². The van der Waals surface area contributed by atoms with Crippen molar-refractivity contribution in [1.82, 2.24) is 9.29 Å². The van der Waals surface area contributed by atoms with Crippen LogP contribution < -0.4 is 4.90 Å². The van der Waals surface area contributed by atoms with Crippen LogP contribution in [-0.4, -0.2) is 49.6 Å². The highest BCUT2D eigenvalue weighted by Gasteiger charge is 2.26. The molecular formula is C14H22BrN3O2S. The smallest absolute Gasteiger partial charge is 0.214 e. The average molecular weight is 376 g/mol. The number of anilines is 1. The molecule has 21 heavy (non-hydrogen) atoms. The maximum atomic E-state index is 12.2. The standard InChI is InChI=1S/C14H22BrN3O2S/c1-2-3-4-11-21(19,20)18-9-7-17(8-10-18)14-6-5-13(15)12-16-14/h5-6,12H,2-4,7-11H2,1H3. The van der Waals surface area contributed by atoms with Gasteiger partial charge in [0.05, 0.1) is 5.75 Å². The lowest BCUT2D eigenvalue weighted by Crippen LogP contribution is -2.49. The van der Waals surface area contributed by atoms with Gasteiger partial charge < -0.3 is 4.90 Å². The van der Waals surface area contributed by atoms with Gasteiger partial charge in [0.1, 0.15) is 5.82 Å². The molecule has 7 heteroatoms. The van der Waals surface area contributed by atoms with Crippen molar-refractivity contribution in [2.75, 3.05) is 36.8 Å². The number of nitrogens with zero attached hydrogens (tertiary/aromatic N) is 3. The van der Waals surface area contributed by atoms with Crippen molar-refractivity contribution in [2.24, 2.45) is 0 Å². The zero-order chi connectivity index (χ0) is 15.3. The highest BCUT2D eigenvalue weighted by atomic mass is 79.9. The fourth-order valence-corrected chi connectivity index (χ4v) is 4.20. The van der Waals surface area contributed by atoms with Crippen molar-refractivity contribution in [2.45, 2.75) is 26.2 Å². The molecule has 0 N–H and O–H groups in total. The molecule has 0 atom stereocenters. The molecule has 1 fully saturated rings. The predicted molar refractivity (Wildman–Crippen MR) is 89.0 cm³/mol. The Morgan fingerprint density at radius 2 is 1.90 bits per heavy atom. The molecule has 118 valence electrons. The first kappa shape index (κ1) is 16.7. The molecular weight excluding hydrogens is 354 g/mol. The van der Waals surface area contributed by atoms with E-state index in [9.17, 15) is 8.42 Å². The second kappa shape index (κ2) is 7.56. The number of halogens is 1. The Kier molecular flexibility index (Phi) is 6.01. The van der Waals surface area contributed by atoms with Crippen molar-refractivity contribution in [3.8, 4) is 0 Å². The maximum Gasteiger partial charge on any atom is 0.214 e. The van der Waals surface area contributed by atoms with Gasteiger partial charge in [-0.25, -0.2) is 13.4 Å². The third kappa shape index (κ3) is 4.66. The summed E-state index contributed by atoms with van der Waals surface area (Å²) < 4.78 is 27.0. The van der Waals surface area contributed by atoms with E-state index >= 15 is 0 Å². The van der Waals surface area contributed by atoms with Crippen LogP contribution in [0, 0.1) is 0 Å². The van der Waals surface area contributed by atoms with Gasteiger partial charge in [-0.15, -0.1) is 0 Å². The minimum Gasteiger partial charge on any atom is -0.354 e. The zero-order valence-electron chi connectivity index (χ0n) is 12.3. The Labute approximate surface area is 135 Å². The van der Waals surface area contributed by atoms with Crippen molar-refractivity contribution in [1.29, 1.82) is 0 Å². The Balaban J connectivity index is 1.89. The number of sulfonamides is 1. The highest BCUT2D eigenvalue weighted by molar-refractivity contribution is 9.10. The molecule has 1 aromatic rings. The molecule has 5 nitrogen and oxygen atoms in total. The van der Waals surface area contributed by atoms with E-state index < -0.39 is 10.0 Å². The fraction of sp³-hybridized carbons (Fsp3) is 0.643. The zero-order valence-corrected chi connectivity index (χ0v) is 14.7. The van der Waals surface area contributed by atoms with Gasteiger partial charge in [-0.2, -0.15) is 4.31 Å². The number of piperazine rings is 1. The van der Waals surface area contributed by atoms with Crippen LogP contribution in [0.3, 0.4) is 0 Å². The third-order valence-electron chi connectivity index (χ3n) is 3.67. The van der Waals surface area contributed by atoms with Gasteiger partial charge in [0.2, 0.25) is 10.0 Å². The minimum absolute atomic E-state index is 0.275. The van der Waals surface area contributed by atoms with E-state index in [4.69, 9.17) is 0 Å². The normalized spacial score (nSPS) is 17.1. The Hall–Kier alpha value is -0.660. The van der Waals surface area contributed by atoms with E-state index in [1.165, 1.54) is 0 Å². The molecule has 0 aliphatic carbocycles. The summed E-state index contributed by atoms with van der Waals surface area (Å²) in [5.74, 6) is 1.18. The Morgan fingerprint density at radius 3 is 2.48 bits per heavy atom. The minimum atomic E-state index is -3.09. The molecule has 2 heterocycles. The van der Waals surface area contributed by atoms with Crippen LogP contribution in [0.5, 0.6) is 0 Å². The number of hydrogen-bond acceptors (Lipinski definition) is 4. The first-order valence-corrected chi connectivity index (χ1v) is 9.77. The molecule has 1 aliphatic heterocycles. The largest absolute Gasteiger partial charge is 0.354 e. The molecule has 0 unspecified atom stereocenters. The Bertz CT molecular complexity index is 540. The highest BCUT2D eigenvalue weighted by Crippen LogP contribution is 2.18. The maximum absolute atomic E-state index is 12.2. The molecule has 0 bridgehead atoms. The van der Waals surface area contributed by atoms with E-state index in [0.29, 0.717) is 26.2 Å². The number of rotatable bonds is 6. The lowest BCUT2D eigenvalue weighted by molar-refractivity contribution is 0.383. The number of aromatic nitrogens is 1. The summed E-state index contributed by atoms with van der Waals surface area (Å²) in [5.41, 5.74) is 0. The molecule has 0 amide bonds. The van der Waals surface area contributed by atoms with Crippen LogP contribution >= 0.6 is 15.9 Å². The molecule has 2 rings (SSSR count). The molecule has 0 spiro atoms. The quantitative estimate of drug-likeness (QED) is 0.716. The van der Waals surface area contributed by atoms with Gasteiger partial charge in [-0.05, 0) is 34.5 Å². The van der Waals surface area contributed by atoms with Crippen molar-refractivity contribution in [3.05, 3.63) is 22.8 Å². The van der Waals surface area contributed by atoms with Crippen LogP contribution in [-0.2, 0) is 10.0 Å². The first-order chi connectivity index (χ1) is 10.0. The molecule has 1 aromatic heterocycles. The van der Waals surface area contributed by atoms with Gasteiger partial charge in [0, 0.05) is 36.8 Å². The summed E-state index contributed by atoms with van der Waals surface area (Å²) in [5, 5.41) is 0. The van der Waals surface area contributed by atoms with E-state index in [0.717, 1.165) is 29.6 Å². The first-order valence-electron chi connectivity index (χ1n) is 7.37. The molecule has 1 saturated heterocycles. The average Bonchev–Trinajstić information content (AvgIpc) is 2.48.